The Morgan fingerprint density at radius 3 is 2.75 bits per heavy atom. The Balaban J connectivity index is 2.48. The van der Waals surface area contributed by atoms with E-state index in [1.807, 2.05) is 6.92 Å². The molecule has 20 heavy (non-hydrogen) atoms. The molecule has 106 valence electrons. The van der Waals surface area contributed by atoms with Crippen molar-refractivity contribution < 1.29 is 13.9 Å². The summed E-state index contributed by atoms with van der Waals surface area (Å²) in [6.07, 6.45) is 0.634. The van der Waals surface area contributed by atoms with Gasteiger partial charge in [0.2, 0.25) is 5.88 Å². The van der Waals surface area contributed by atoms with Gasteiger partial charge in [-0.3, -0.25) is 4.79 Å². The van der Waals surface area contributed by atoms with Crippen LogP contribution in [0.4, 0.5) is 10.1 Å². The van der Waals surface area contributed by atoms with Gasteiger partial charge in [0.15, 0.2) is 0 Å². The van der Waals surface area contributed by atoms with Gasteiger partial charge < -0.3 is 16.2 Å². The minimum atomic E-state index is -0.908. The van der Waals surface area contributed by atoms with Crippen molar-refractivity contribution in [1.82, 2.24) is 9.78 Å². The van der Waals surface area contributed by atoms with Crippen LogP contribution in [0, 0.1) is 5.82 Å². The van der Waals surface area contributed by atoms with Gasteiger partial charge in [-0.25, -0.2) is 9.07 Å². The third kappa shape index (κ3) is 2.29. The number of aromatic nitrogens is 2. The molecule has 0 bridgehead atoms. The number of aryl methyl sites for hydroxylation is 2. The molecule has 7 heteroatoms. The quantitative estimate of drug-likeness (QED) is 0.887. The van der Waals surface area contributed by atoms with Gasteiger partial charge in [-0.1, -0.05) is 13.0 Å². The highest BCUT2D eigenvalue weighted by Gasteiger charge is 2.19. The summed E-state index contributed by atoms with van der Waals surface area (Å²) in [7, 11) is 1.65. The summed E-state index contributed by atoms with van der Waals surface area (Å²) in [6.45, 7) is 1.90. The zero-order valence-electron chi connectivity index (χ0n) is 11.2. The zero-order valence-corrected chi connectivity index (χ0v) is 11.2. The largest absolute Gasteiger partial charge is 0.436 e. The van der Waals surface area contributed by atoms with Gasteiger partial charge in [0.1, 0.15) is 22.8 Å². The van der Waals surface area contributed by atoms with Gasteiger partial charge in [-0.05, 0) is 18.6 Å². The molecule has 0 aliphatic rings. The van der Waals surface area contributed by atoms with E-state index in [0.29, 0.717) is 17.8 Å². The zero-order chi connectivity index (χ0) is 14.9. The second-order valence-corrected chi connectivity index (χ2v) is 4.22. The average Bonchev–Trinajstić information content (AvgIpc) is 2.65. The lowest BCUT2D eigenvalue weighted by Gasteiger charge is -2.10. The first kappa shape index (κ1) is 13.9. The van der Waals surface area contributed by atoms with Crippen LogP contribution in [0.15, 0.2) is 18.2 Å². The molecule has 6 nitrogen and oxygen atoms in total. The maximum atomic E-state index is 13.6. The molecular formula is C13H15FN4O2. The Labute approximate surface area is 115 Å². The summed E-state index contributed by atoms with van der Waals surface area (Å²) >= 11 is 0. The molecule has 1 heterocycles. The Morgan fingerprint density at radius 1 is 1.50 bits per heavy atom. The van der Waals surface area contributed by atoms with Crippen LogP contribution in [0.1, 0.15) is 23.0 Å². The standard InChI is InChI=1S/C13H15FN4O2/c1-3-8-11(15)13(18(2)17-8)20-9-6-4-5-7(14)10(9)12(16)19/h4-6H,3,15H2,1-2H3,(H2,16,19). The first-order valence-electron chi connectivity index (χ1n) is 6.03. The Bertz CT molecular complexity index is 667. The van der Waals surface area contributed by atoms with E-state index in [2.05, 4.69) is 5.10 Å². The van der Waals surface area contributed by atoms with E-state index in [4.69, 9.17) is 16.2 Å². The molecule has 1 aromatic carbocycles. The number of carbonyl (C=O) groups is 1. The Hall–Kier alpha value is -2.57. The maximum Gasteiger partial charge on any atom is 0.255 e. The SMILES string of the molecule is CCc1nn(C)c(Oc2cccc(F)c2C(N)=O)c1N. The fourth-order valence-corrected chi connectivity index (χ4v) is 1.89. The fourth-order valence-electron chi connectivity index (χ4n) is 1.89. The van der Waals surface area contributed by atoms with Gasteiger partial charge in [0, 0.05) is 7.05 Å². The van der Waals surface area contributed by atoms with Crippen LogP contribution in [-0.2, 0) is 13.5 Å². The summed E-state index contributed by atoms with van der Waals surface area (Å²) in [5.41, 5.74) is 11.8. The number of hydrogen-bond donors (Lipinski definition) is 2. The molecule has 0 fully saturated rings. The third-order valence-electron chi connectivity index (χ3n) is 2.87. The van der Waals surface area contributed by atoms with E-state index in [9.17, 15) is 9.18 Å². The molecule has 2 rings (SSSR count). The number of primary amides is 1. The number of benzene rings is 1. The number of hydrogen-bond acceptors (Lipinski definition) is 4. The van der Waals surface area contributed by atoms with Crippen LogP contribution in [-0.4, -0.2) is 15.7 Å². The molecule has 1 amide bonds. The molecule has 0 radical (unpaired) electrons. The molecule has 0 saturated carbocycles. The summed E-state index contributed by atoms with van der Waals surface area (Å²) in [5.74, 6) is -1.40. The van der Waals surface area contributed by atoms with Gasteiger partial charge in [-0.2, -0.15) is 5.10 Å². The lowest BCUT2D eigenvalue weighted by Crippen LogP contribution is -2.14. The Morgan fingerprint density at radius 2 is 2.20 bits per heavy atom. The van der Waals surface area contributed by atoms with E-state index in [0.717, 1.165) is 6.07 Å². The van der Waals surface area contributed by atoms with E-state index in [-0.39, 0.29) is 17.2 Å². The van der Waals surface area contributed by atoms with E-state index in [1.54, 1.807) is 7.05 Å². The van der Waals surface area contributed by atoms with Crippen molar-refractivity contribution in [1.29, 1.82) is 0 Å². The number of carbonyl (C=O) groups excluding carboxylic acids is 1. The van der Waals surface area contributed by atoms with Crippen LogP contribution in [0.25, 0.3) is 0 Å². The molecule has 0 aliphatic heterocycles. The van der Waals surface area contributed by atoms with Gasteiger partial charge in [-0.15, -0.1) is 0 Å². The smallest absolute Gasteiger partial charge is 0.255 e. The molecule has 4 N–H and O–H groups in total. The highest BCUT2D eigenvalue weighted by atomic mass is 19.1. The fraction of sp³-hybridized carbons (Fsp3) is 0.231. The van der Waals surface area contributed by atoms with Crippen molar-refractivity contribution in [2.45, 2.75) is 13.3 Å². The number of nitrogen functional groups attached to an aromatic ring is 1. The lowest BCUT2D eigenvalue weighted by atomic mass is 10.2. The number of halogens is 1. The van der Waals surface area contributed by atoms with Gasteiger partial charge >= 0.3 is 0 Å². The van der Waals surface area contributed by atoms with E-state index < -0.39 is 11.7 Å². The number of rotatable bonds is 4. The van der Waals surface area contributed by atoms with Crippen LogP contribution >= 0.6 is 0 Å². The predicted octanol–water partition coefficient (Wildman–Crippen LogP) is 1.59. The minimum Gasteiger partial charge on any atom is -0.436 e. The van der Waals surface area contributed by atoms with Gasteiger partial charge in [0.05, 0.1) is 5.69 Å². The van der Waals surface area contributed by atoms with E-state index in [1.165, 1.54) is 16.8 Å². The summed E-state index contributed by atoms with van der Waals surface area (Å²) in [5, 5.41) is 4.18. The summed E-state index contributed by atoms with van der Waals surface area (Å²) in [4.78, 5) is 11.3. The van der Waals surface area contributed by atoms with Crippen molar-refractivity contribution in [3.63, 3.8) is 0 Å². The van der Waals surface area contributed by atoms with Crippen molar-refractivity contribution >= 4 is 11.6 Å². The third-order valence-corrected chi connectivity index (χ3v) is 2.87. The maximum absolute atomic E-state index is 13.6. The van der Waals surface area contributed by atoms with Gasteiger partial charge in [0.25, 0.3) is 5.91 Å². The number of nitrogens with zero attached hydrogens (tertiary/aromatic N) is 2. The van der Waals surface area contributed by atoms with Crippen molar-refractivity contribution in [2.24, 2.45) is 12.8 Å². The van der Waals surface area contributed by atoms with Crippen LogP contribution in [0.5, 0.6) is 11.6 Å². The average molecular weight is 278 g/mol. The topological polar surface area (TPSA) is 96.2 Å². The molecule has 0 spiro atoms. The second kappa shape index (κ2) is 5.20. The van der Waals surface area contributed by atoms with Crippen molar-refractivity contribution in [3.8, 4) is 11.6 Å². The van der Waals surface area contributed by atoms with E-state index >= 15 is 0 Å². The molecule has 0 atom stereocenters. The number of amides is 1. The minimum absolute atomic E-state index is 0.00912. The lowest BCUT2D eigenvalue weighted by molar-refractivity contribution is 0.0994. The highest BCUT2D eigenvalue weighted by molar-refractivity contribution is 5.96. The van der Waals surface area contributed by atoms with Crippen molar-refractivity contribution in [2.75, 3.05) is 5.73 Å². The first-order chi connectivity index (χ1) is 9.45. The van der Waals surface area contributed by atoms with Crippen molar-refractivity contribution in [3.05, 3.63) is 35.3 Å². The normalized spacial score (nSPS) is 10.6. The second-order valence-electron chi connectivity index (χ2n) is 4.22. The number of ether oxygens (including phenoxy) is 1. The number of anilines is 1. The summed E-state index contributed by atoms with van der Waals surface area (Å²) < 4.78 is 20.6. The van der Waals surface area contributed by atoms with Crippen LogP contribution in [0.2, 0.25) is 0 Å². The first-order valence-corrected chi connectivity index (χ1v) is 6.03. The molecule has 0 saturated heterocycles. The van der Waals surface area contributed by atoms with Crippen LogP contribution < -0.4 is 16.2 Å². The van der Waals surface area contributed by atoms with Crippen LogP contribution in [0.3, 0.4) is 0 Å². The molecule has 0 unspecified atom stereocenters. The Kier molecular flexibility index (Phi) is 3.60. The monoisotopic (exact) mass is 278 g/mol. The predicted molar refractivity (Wildman–Crippen MR) is 72.0 cm³/mol. The molecular weight excluding hydrogens is 263 g/mol. The number of nitrogens with two attached hydrogens (primary N) is 2. The molecule has 2 aromatic rings. The molecule has 1 aromatic heterocycles. The highest BCUT2D eigenvalue weighted by Crippen LogP contribution is 2.32. The summed E-state index contributed by atoms with van der Waals surface area (Å²) in [6, 6.07) is 4.00. The molecule has 0 aliphatic carbocycles.